The van der Waals surface area contributed by atoms with Gasteiger partial charge in [-0.25, -0.2) is 4.39 Å². The maximum atomic E-state index is 13.1. The Bertz CT molecular complexity index is 338. The van der Waals surface area contributed by atoms with Gasteiger partial charge in [0.25, 0.3) is 0 Å². The van der Waals surface area contributed by atoms with E-state index in [1.807, 2.05) is 0 Å². The molecule has 2 atom stereocenters. The zero-order valence-electron chi connectivity index (χ0n) is 7.64. The summed E-state index contributed by atoms with van der Waals surface area (Å²) in [5.41, 5.74) is -0.0739. The molecule has 2 N–H and O–H groups in total. The van der Waals surface area contributed by atoms with Crippen LogP contribution in [0.25, 0.3) is 0 Å². The van der Waals surface area contributed by atoms with E-state index in [9.17, 15) is 19.4 Å². The molecule has 0 bridgehead atoms. The third kappa shape index (κ3) is 2.16. The molecule has 0 saturated carbocycles. The average Bonchev–Trinajstić information content (AvgIpc) is 2.16. The molecule has 76 valence electrons. The molecule has 1 aromatic rings. The van der Waals surface area contributed by atoms with Crippen molar-refractivity contribution in [1.82, 2.24) is 0 Å². The van der Waals surface area contributed by atoms with E-state index in [0.29, 0.717) is 0 Å². The molecule has 0 aliphatic rings. The smallest absolute Gasteiger partial charge is 0.161 e. The Labute approximate surface area is 80.8 Å². The number of carbonyl (C=O) groups excluding carboxylic acids is 1. The molecule has 4 heteroatoms. The normalized spacial score (nSPS) is 14.9. The molecular formula is C10H11FO3. The predicted octanol–water partition coefficient (Wildman–Crippen LogP) is 0.809. The number of halogens is 1. The lowest BCUT2D eigenvalue weighted by molar-refractivity contribution is -0.130. The molecule has 14 heavy (non-hydrogen) atoms. The molecule has 0 unspecified atom stereocenters. The molecule has 3 nitrogen and oxygen atoms in total. The molecule has 0 heterocycles. The first-order valence-electron chi connectivity index (χ1n) is 4.15. The first-order chi connectivity index (χ1) is 6.54. The van der Waals surface area contributed by atoms with Crippen molar-refractivity contribution >= 4 is 5.78 Å². The number of aliphatic hydroxyl groups excluding tert-OH is 2. The molecular weight excluding hydrogens is 187 g/mol. The highest BCUT2D eigenvalue weighted by molar-refractivity contribution is 5.81. The summed E-state index contributed by atoms with van der Waals surface area (Å²) < 4.78 is 13.1. The number of hydrogen-bond acceptors (Lipinski definition) is 3. The van der Waals surface area contributed by atoms with Gasteiger partial charge in [-0.3, -0.25) is 4.79 Å². The molecule has 0 aliphatic carbocycles. The van der Waals surface area contributed by atoms with Crippen molar-refractivity contribution in [2.45, 2.75) is 19.1 Å². The van der Waals surface area contributed by atoms with Crippen LogP contribution in [0, 0.1) is 5.82 Å². The van der Waals surface area contributed by atoms with E-state index < -0.39 is 23.8 Å². The van der Waals surface area contributed by atoms with Gasteiger partial charge in [-0.1, -0.05) is 18.2 Å². The average molecular weight is 198 g/mol. The summed E-state index contributed by atoms with van der Waals surface area (Å²) in [6, 6.07) is 5.47. The van der Waals surface area contributed by atoms with Crippen LogP contribution in [0.1, 0.15) is 18.6 Å². The number of hydrogen-bond donors (Lipinski definition) is 2. The maximum absolute atomic E-state index is 13.1. The largest absolute Gasteiger partial charge is 0.385 e. The van der Waals surface area contributed by atoms with Crippen molar-refractivity contribution in [2.75, 3.05) is 0 Å². The van der Waals surface area contributed by atoms with E-state index >= 15 is 0 Å². The van der Waals surface area contributed by atoms with Gasteiger partial charge in [0, 0.05) is 5.56 Å². The Morgan fingerprint density at radius 1 is 1.36 bits per heavy atom. The van der Waals surface area contributed by atoms with Crippen LogP contribution in [0.2, 0.25) is 0 Å². The number of aliphatic hydroxyl groups is 2. The van der Waals surface area contributed by atoms with Crippen LogP contribution in [0.15, 0.2) is 24.3 Å². The predicted molar refractivity (Wildman–Crippen MR) is 48.0 cm³/mol. The third-order valence-electron chi connectivity index (χ3n) is 1.94. The molecule has 0 spiro atoms. The molecule has 0 fully saturated rings. The van der Waals surface area contributed by atoms with Gasteiger partial charge < -0.3 is 10.2 Å². The van der Waals surface area contributed by atoms with Gasteiger partial charge in [0.15, 0.2) is 5.78 Å². The summed E-state index contributed by atoms with van der Waals surface area (Å²) in [5.74, 6) is -1.24. The van der Waals surface area contributed by atoms with Gasteiger partial charge in [0.1, 0.15) is 18.0 Å². The second kappa shape index (κ2) is 4.30. The van der Waals surface area contributed by atoms with Crippen molar-refractivity contribution < 1.29 is 19.4 Å². The fourth-order valence-corrected chi connectivity index (χ4v) is 1.11. The van der Waals surface area contributed by atoms with Gasteiger partial charge >= 0.3 is 0 Å². The lowest BCUT2D eigenvalue weighted by Gasteiger charge is -2.15. The summed E-state index contributed by atoms with van der Waals surface area (Å²) in [7, 11) is 0. The Morgan fingerprint density at radius 3 is 2.43 bits per heavy atom. The maximum Gasteiger partial charge on any atom is 0.161 e. The summed E-state index contributed by atoms with van der Waals surface area (Å²) in [5, 5.41) is 18.6. The molecule has 0 aromatic heterocycles. The van der Waals surface area contributed by atoms with E-state index in [0.717, 1.165) is 13.0 Å². The van der Waals surface area contributed by atoms with Gasteiger partial charge in [0.2, 0.25) is 0 Å². The minimum absolute atomic E-state index is 0.0739. The Morgan fingerprint density at radius 2 is 1.93 bits per heavy atom. The van der Waals surface area contributed by atoms with Crippen LogP contribution < -0.4 is 0 Å². The Hall–Kier alpha value is -1.26. The van der Waals surface area contributed by atoms with Crippen LogP contribution in [0.4, 0.5) is 4.39 Å². The highest BCUT2D eigenvalue weighted by Crippen LogP contribution is 2.20. The minimum atomic E-state index is -1.58. The Kier molecular flexibility index (Phi) is 3.33. The molecule has 0 radical (unpaired) electrons. The van der Waals surface area contributed by atoms with Gasteiger partial charge in [-0.2, -0.15) is 0 Å². The van der Waals surface area contributed by atoms with Crippen molar-refractivity contribution in [2.24, 2.45) is 0 Å². The Balaban J connectivity index is 2.94. The third-order valence-corrected chi connectivity index (χ3v) is 1.94. The fourth-order valence-electron chi connectivity index (χ4n) is 1.11. The van der Waals surface area contributed by atoms with E-state index in [-0.39, 0.29) is 5.56 Å². The number of carbonyl (C=O) groups is 1. The highest BCUT2D eigenvalue weighted by Gasteiger charge is 2.24. The zero-order valence-corrected chi connectivity index (χ0v) is 7.64. The van der Waals surface area contributed by atoms with Crippen molar-refractivity contribution in [1.29, 1.82) is 0 Å². The lowest BCUT2D eigenvalue weighted by Crippen LogP contribution is -2.26. The lowest BCUT2D eigenvalue weighted by atomic mass is 10.0. The monoisotopic (exact) mass is 198 g/mol. The van der Waals surface area contributed by atoms with E-state index in [1.165, 1.54) is 18.2 Å². The number of rotatable bonds is 3. The second-order valence-corrected chi connectivity index (χ2v) is 3.02. The number of benzene rings is 1. The number of ketones is 1. The highest BCUT2D eigenvalue weighted by atomic mass is 19.1. The second-order valence-electron chi connectivity index (χ2n) is 3.02. The summed E-state index contributed by atoms with van der Waals surface area (Å²) in [6.07, 6.45) is -3.08. The van der Waals surface area contributed by atoms with Crippen molar-refractivity contribution in [3.8, 4) is 0 Å². The topological polar surface area (TPSA) is 57.5 Å². The summed E-state index contributed by atoms with van der Waals surface area (Å²) >= 11 is 0. The van der Waals surface area contributed by atoms with Crippen LogP contribution in [-0.2, 0) is 4.79 Å². The summed E-state index contributed by atoms with van der Waals surface area (Å²) in [6.45, 7) is 1.13. The summed E-state index contributed by atoms with van der Waals surface area (Å²) in [4.78, 5) is 10.7. The first kappa shape index (κ1) is 10.8. The molecule has 0 saturated heterocycles. The molecule has 0 amide bonds. The van der Waals surface area contributed by atoms with Crippen LogP contribution in [0.5, 0.6) is 0 Å². The molecule has 0 aliphatic heterocycles. The quantitative estimate of drug-likeness (QED) is 0.755. The van der Waals surface area contributed by atoms with Crippen LogP contribution >= 0.6 is 0 Å². The van der Waals surface area contributed by atoms with E-state index in [2.05, 4.69) is 0 Å². The van der Waals surface area contributed by atoms with Gasteiger partial charge in [-0.05, 0) is 13.0 Å². The standard InChI is InChI=1S/C10H11FO3/c1-6(12)9(13)10(14)7-4-2-3-5-8(7)11/h2-5,9-10,13-14H,1H3/t9-,10-/m0/s1. The minimum Gasteiger partial charge on any atom is -0.385 e. The van der Waals surface area contributed by atoms with Gasteiger partial charge in [-0.15, -0.1) is 0 Å². The zero-order chi connectivity index (χ0) is 10.7. The van der Waals surface area contributed by atoms with Crippen LogP contribution in [0.3, 0.4) is 0 Å². The van der Waals surface area contributed by atoms with Gasteiger partial charge in [0.05, 0.1) is 0 Å². The molecule has 1 aromatic carbocycles. The first-order valence-corrected chi connectivity index (χ1v) is 4.15. The van der Waals surface area contributed by atoms with E-state index in [1.54, 1.807) is 0 Å². The fraction of sp³-hybridized carbons (Fsp3) is 0.300. The van der Waals surface area contributed by atoms with Crippen molar-refractivity contribution in [3.05, 3.63) is 35.6 Å². The molecule has 1 rings (SSSR count). The van der Waals surface area contributed by atoms with E-state index in [4.69, 9.17) is 0 Å². The number of Topliss-reactive ketones (excluding diaryl/α,β-unsaturated/α-hetero) is 1. The van der Waals surface area contributed by atoms with Crippen LogP contribution in [-0.4, -0.2) is 22.1 Å². The SMILES string of the molecule is CC(=O)[C@H](O)[C@@H](O)c1ccccc1F. The van der Waals surface area contributed by atoms with Crippen molar-refractivity contribution in [3.63, 3.8) is 0 Å².